The molecule has 2 nitrogen and oxygen atoms in total. The highest BCUT2D eigenvalue weighted by Gasteiger charge is 2.21. The molecule has 2 N–H and O–H groups in total. The van der Waals surface area contributed by atoms with E-state index in [1.165, 1.54) is 30.0 Å². The van der Waals surface area contributed by atoms with Gasteiger partial charge in [-0.1, -0.05) is 26.8 Å². The molecule has 0 saturated carbocycles. The molecule has 0 atom stereocenters. The van der Waals surface area contributed by atoms with Gasteiger partial charge in [-0.15, -0.1) is 11.8 Å². The Balaban J connectivity index is 3.08. The topological polar surface area (TPSA) is 40.5 Å². The Morgan fingerprint density at radius 2 is 1.87 bits per heavy atom. The summed E-state index contributed by atoms with van der Waals surface area (Å²) >= 11 is 1.41. The van der Waals surface area contributed by atoms with Crippen molar-refractivity contribution in [1.29, 1.82) is 0 Å². The molecule has 82 valence electrons. The molecule has 0 aliphatic heterocycles. The van der Waals surface area contributed by atoms with E-state index < -0.39 is 7.12 Å². The Morgan fingerprint density at radius 1 is 1.27 bits per heavy atom. The van der Waals surface area contributed by atoms with E-state index >= 15 is 0 Å². The number of hydrogen-bond acceptors (Lipinski definition) is 3. The van der Waals surface area contributed by atoms with E-state index in [2.05, 4.69) is 0 Å². The number of benzene rings is 1. The van der Waals surface area contributed by atoms with E-state index in [0.717, 1.165) is 0 Å². The van der Waals surface area contributed by atoms with E-state index in [0.29, 0.717) is 10.4 Å². The van der Waals surface area contributed by atoms with E-state index in [1.807, 2.05) is 20.8 Å². The Labute approximate surface area is 93.7 Å². The van der Waals surface area contributed by atoms with Crippen LogP contribution < -0.4 is 5.46 Å². The first-order chi connectivity index (χ1) is 6.79. The van der Waals surface area contributed by atoms with Crippen LogP contribution in [-0.2, 0) is 0 Å². The number of rotatable bonds is 2. The Bertz CT molecular complexity index is 350. The van der Waals surface area contributed by atoms with Crippen molar-refractivity contribution in [3.05, 3.63) is 24.0 Å². The lowest BCUT2D eigenvalue weighted by Gasteiger charge is -2.19. The van der Waals surface area contributed by atoms with Crippen LogP contribution in [0.2, 0.25) is 0 Å². The maximum absolute atomic E-state index is 13.0. The molecule has 0 heterocycles. The Morgan fingerprint density at radius 3 is 2.33 bits per heavy atom. The van der Waals surface area contributed by atoms with E-state index in [1.54, 1.807) is 0 Å². The molecule has 0 unspecified atom stereocenters. The summed E-state index contributed by atoms with van der Waals surface area (Å²) in [6.07, 6.45) is 0. The van der Waals surface area contributed by atoms with Crippen molar-refractivity contribution in [2.24, 2.45) is 0 Å². The first kappa shape index (κ1) is 12.6. The van der Waals surface area contributed by atoms with Gasteiger partial charge in [0.15, 0.2) is 0 Å². The summed E-state index contributed by atoms with van der Waals surface area (Å²) in [5.74, 6) is -0.369. The van der Waals surface area contributed by atoms with Gasteiger partial charge in [0.05, 0.1) is 0 Å². The predicted molar refractivity (Wildman–Crippen MR) is 61.8 cm³/mol. The second kappa shape index (κ2) is 4.55. The van der Waals surface area contributed by atoms with Crippen molar-refractivity contribution in [3.8, 4) is 0 Å². The first-order valence-electron chi connectivity index (χ1n) is 4.64. The molecule has 0 fully saturated rings. The number of halogens is 1. The van der Waals surface area contributed by atoms with E-state index in [4.69, 9.17) is 10.0 Å². The summed E-state index contributed by atoms with van der Waals surface area (Å²) in [7, 11) is -1.56. The SMILES string of the molecule is CC(C)(C)Sc1cc(F)ccc1B(O)O. The van der Waals surface area contributed by atoms with Gasteiger partial charge >= 0.3 is 7.12 Å². The molecule has 1 aromatic rings. The minimum absolute atomic E-state index is 0.0998. The third kappa shape index (κ3) is 3.85. The summed E-state index contributed by atoms with van der Waals surface area (Å²) < 4.78 is 12.9. The van der Waals surface area contributed by atoms with Crippen LogP contribution >= 0.6 is 11.8 Å². The van der Waals surface area contributed by atoms with Crippen LogP contribution in [-0.4, -0.2) is 21.9 Å². The highest BCUT2D eigenvalue weighted by molar-refractivity contribution is 8.00. The van der Waals surface area contributed by atoms with Gasteiger partial charge < -0.3 is 10.0 Å². The van der Waals surface area contributed by atoms with Crippen molar-refractivity contribution >= 4 is 24.3 Å². The molecule has 5 heteroatoms. The molecule has 15 heavy (non-hydrogen) atoms. The highest BCUT2D eigenvalue weighted by Crippen LogP contribution is 2.31. The quantitative estimate of drug-likeness (QED) is 0.593. The van der Waals surface area contributed by atoms with Gasteiger partial charge in [0, 0.05) is 9.64 Å². The van der Waals surface area contributed by atoms with Gasteiger partial charge in [-0.2, -0.15) is 0 Å². The normalized spacial score (nSPS) is 11.6. The molecule has 0 saturated heterocycles. The molecule has 0 spiro atoms. The standard InChI is InChI=1S/C10H14BFO2S/c1-10(2,3)15-9-6-7(12)4-5-8(9)11(13)14/h4-6,13-14H,1-3H3. The summed E-state index contributed by atoms with van der Waals surface area (Å²) in [5, 5.41) is 18.2. The van der Waals surface area contributed by atoms with E-state index in [9.17, 15) is 4.39 Å². The lowest BCUT2D eigenvalue weighted by atomic mass is 9.80. The molecular weight excluding hydrogens is 214 g/mol. The van der Waals surface area contributed by atoms with Crippen molar-refractivity contribution in [3.63, 3.8) is 0 Å². The third-order valence-electron chi connectivity index (χ3n) is 1.67. The van der Waals surface area contributed by atoms with Gasteiger partial charge in [-0.3, -0.25) is 0 Å². The van der Waals surface area contributed by atoms with Crippen LogP contribution in [0.25, 0.3) is 0 Å². The summed E-state index contributed by atoms with van der Waals surface area (Å²) in [6, 6.07) is 3.94. The predicted octanol–water partition coefficient (Wildman–Crippen LogP) is 1.40. The summed E-state index contributed by atoms with van der Waals surface area (Å²) in [4.78, 5) is 0.567. The van der Waals surface area contributed by atoms with Gasteiger partial charge in [-0.05, 0) is 17.6 Å². The smallest absolute Gasteiger partial charge is 0.423 e. The first-order valence-corrected chi connectivity index (χ1v) is 5.46. The average molecular weight is 228 g/mol. The van der Waals surface area contributed by atoms with Crippen LogP contribution in [0.4, 0.5) is 4.39 Å². The molecule has 0 amide bonds. The fourth-order valence-electron chi connectivity index (χ4n) is 1.14. The lowest BCUT2D eigenvalue weighted by molar-refractivity contribution is 0.425. The summed E-state index contributed by atoms with van der Waals surface area (Å²) in [6.45, 7) is 5.95. The van der Waals surface area contributed by atoms with Crippen molar-refractivity contribution in [1.82, 2.24) is 0 Å². The second-order valence-corrected chi connectivity index (χ2v) is 6.14. The monoisotopic (exact) mass is 228 g/mol. The molecule has 0 bridgehead atoms. The Kier molecular flexibility index (Phi) is 3.81. The number of thioether (sulfide) groups is 1. The van der Waals surface area contributed by atoms with Gasteiger partial charge in [-0.25, -0.2) is 4.39 Å². The second-order valence-electron chi connectivity index (χ2n) is 4.27. The minimum Gasteiger partial charge on any atom is -0.423 e. The van der Waals surface area contributed by atoms with E-state index in [-0.39, 0.29) is 10.6 Å². The van der Waals surface area contributed by atoms with Gasteiger partial charge in [0.2, 0.25) is 0 Å². The number of hydrogen-bond donors (Lipinski definition) is 2. The molecule has 0 aliphatic carbocycles. The maximum atomic E-state index is 13.0. The van der Waals surface area contributed by atoms with Gasteiger partial charge in [0.25, 0.3) is 0 Å². The molecule has 0 aliphatic rings. The highest BCUT2D eigenvalue weighted by atomic mass is 32.2. The van der Waals surface area contributed by atoms with Crippen molar-refractivity contribution in [2.45, 2.75) is 30.4 Å². The molecular formula is C10H14BFO2S. The largest absolute Gasteiger partial charge is 0.489 e. The van der Waals surface area contributed by atoms with Crippen molar-refractivity contribution < 1.29 is 14.4 Å². The maximum Gasteiger partial charge on any atom is 0.489 e. The van der Waals surface area contributed by atoms with Gasteiger partial charge in [0.1, 0.15) is 5.82 Å². The summed E-state index contributed by atoms with van der Waals surface area (Å²) in [5.41, 5.74) is 0.344. The van der Waals surface area contributed by atoms with Crippen LogP contribution in [0.5, 0.6) is 0 Å². The van der Waals surface area contributed by atoms with Crippen molar-refractivity contribution in [2.75, 3.05) is 0 Å². The fraction of sp³-hybridized carbons (Fsp3) is 0.400. The molecule has 1 rings (SSSR count). The zero-order valence-corrected chi connectivity index (χ0v) is 9.81. The molecule has 0 aromatic heterocycles. The molecule has 1 aromatic carbocycles. The Hall–Kier alpha value is -0.515. The van der Waals surface area contributed by atoms with Crippen LogP contribution in [0.1, 0.15) is 20.8 Å². The van der Waals surface area contributed by atoms with Crippen LogP contribution in [0.15, 0.2) is 23.1 Å². The fourth-order valence-corrected chi connectivity index (χ4v) is 2.26. The van der Waals surface area contributed by atoms with Crippen LogP contribution in [0.3, 0.4) is 0 Å². The zero-order chi connectivity index (χ0) is 11.6. The third-order valence-corrected chi connectivity index (χ3v) is 2.86. The minimum atomic E-state index is -1.56. The molecule has 0 radical (unpaired) electrons. The lowest BCUT2D eigenvalue weighted by Crippen LogP contribution is -2.32. The zero-order valence-electron chi connectivity index (χ0n) is 8.99. The average Bonchev–Trinajstić information content (AvgIpc) is 1.99. The van der Waals surface area contributed by atoms with Crippen LogP contribution in [0, 0.1) is 5.82 Å².